The van der Waals surface area contributed by atoms with Crippen molar-refractivity contribution in [1.82, 2.24) is 20.2 Å². The minimum atomic E-state index is 0.836. The molecule has 0 unspecified atom stereocenters. The maximum atomic E-state index is 4.94. The Hall–Kier alpha value is -4.22. The van der Waals surface area contributed by atoms with Crippen LogP contribution in [0.5, 0.6) is 0 Å². The van der Waals surface area contributed by atoms with E-state index in [1.165, 1.54) is 22.4 Å². The van der Waals surface area contributed by atoms with Crippen LogP contribution in [0.3, 0.4) is 0 Å². The van der Waals surface area contributed by atoms with Crippen LogP contribution in [0.2, 0.25) is 0 Å². The summed E-state index contributed by atoms with van der Waals surface area (Å²) in [5.41, 5.74) is 11.3. The van der Waals surface area contributed by atoms with Crippen LogP contribution in [0.4, 0.5) is 5.69 Å². The lowest BCUT2D eigenvalue weighted by Crippen LogP contribution is -2.44. The molecule has 0 saturated carbocycles. The van der Waals surface area contributed by atoms with Crippen molar-refractivity contribution in [3.63, 3.8) is 0 Å². The van der Waals surface area contributed by atoms with Gasteiger partial charge >= 0.3 is 0 Å². The molecule has 1 fully saturated rings. The number of aromatic nitrogens is 2. The topological polar surface area (TPSA) is 44.3 Å². The van der Waals surface area contributed by atoms with Gasteiger partial charge in [0.15, 0.2) is 0 Å². The Morgan fingerprint density at radius 3 is 2.38 bits per heavy atom. The van der Waals surface area contributed by atoms with E-state index in [9.17, 15) is 0 Å². The molecular formula is C34H34N5. The van der Waals surface area contributed by atoms with Crippen LogP contribution in [0.15, 0.2) is 97.3 Å². The molecule has 2 aliphatic rings. The third-order valence-electron chi connectivity index (χ3n) is 7.55. The summed E-state index contributed by atoms with van der Waals surface area (Å²) in [6.07, 6.45) is 9.02. The Labute approximate surface area is 231 Å². The molecule has 5 heteroatoms. The summed E-state index contributed by atoms with van der Waals surface area (Å²) < 4.78 is 0. The number of piperazine rings is 1. The van der Waals surface area contributed by atoms with Gasteiger partial charge in [0, 0.05) is 61.1 Å². The van der Waals surface area contributed by atoms with Gasteiger partial charge in [-0.2, -0.15) is 0 Å². The Bertz CT molecular complexity index is 1500. The molecule has 0 amide bonds. The summed E-state index contributed by atoms with van der Waals surface area (Å²) in [6, 6.07) is 26.0. The van der Waals surface area contributed by atoms with E-state index < -0.39 is 0 Å². The average molecular weight is 513 g/mol. The van der Waals surface area contributed by atoms with Crippen molar-refractivity contribution < 1.29 is 0 Å². The highest BCUT2D eigenvalue weighted by Crippen LogP contribution is 2.30. The molecule has 0 aliphatic carbocycles. The highest BCUT2D eigenvalue weighted by atomic mass is 15.2. The predicted molar refractivity (Wildman–Crippen MR) is 161 cm³/mol. The first-order valence-corrected chi connectivity index (χ1v) is 13.6. The number of allylic oxidation sites excluding steroid dienone is 2. The zero-order valence-electron chi connectivity index (χ0n) is 22.6. The fraction of sp³-hybridized carbons (Fsp3) is 0.206. The number of nitrogens with one attached hydrogen (secondary N) is 1. The van der Waals surface area contributed by atoms with Crippen LogP contribution in [0.25, 0.3) is 22.4 Å². The maximum absolute atomic E-state index is 4.94. The molecule has 0 atom stereocenters. The SMILES string of the molecule is Cc1ccc(Cc2ccccc2)c(C2=CC(c3cncc(-c4ccc(N5CCN(C)CC5)cc4)c3)=C[CH]N2)n1. The number of likely N-dealkylation sites (N-methyl/N-ethyl adjacent to an activating group) is 1. The monoisotopic (exact) mass is 512 g/mol. The molecule has 2 aromatic heterocycles. The zero-order chi connectivity index (χ0) is 26.6. The van der Waals surface area contributed by atoms with Gasteiger partial charge < -0.3 is 15.1 Å². The molecule has 1 N–H and O–H groups in total. The molecule has 1 radical (unpaired) electrons. The molecule has 6 rings (SSSR count). The molecular weight excluding hydrogens is 478 g/mol. The van der Waals surface area contributed by atoms with E-state index in [0.717, 1.165) is 66.4 Å². The standard InChI is InChI=1S/C34H34N5/c1-25-8-9-29(20-26-6-4-3-5-7-26)34(37-25)33-22-28(14-15-36-33)31-21-30(23-35-24-31)27-10-12-32(13-11-27)39-18-16-38(2)17-19-39/h3-15,21-24,36H,16-20H2,1-2H3. The molecule has 1 saturated heterocycles. The van der Waals surface area contributed by atoms with E-state index in [1.807, 2.05) is 25.9 Å². The molecule has 5 nitrogen and oxygen atoms in total. The second-order valence-electron chi connectivity index (χ2n) is 10.4. The predicted octanol–water partition coefficient (Wildman–Crippen LogP) is 5.98. The summed E-state index contributed by atoms with van der Waals surface area (Å²) in [4.78, 5) is 14.4. The van der Waals surface area contributed by atoms with Crippen molar-refractivity contribution in [3.8, 4) is 11.1 Å². The minimum absolute atomic E-state index is 0.836. The lowest BCUT2D eigenvalue weighted by molar-refractivity contribution is 0.313. The number of nitrogens with zero attached hydrogens (tertiary/aromatic N) is 4. The Morgan fingerprint density at radius 2 is 1.59 bits per heavy atom. The fourth-order valence-electron chi connectivity index (χ4n) is 5.24. The maximum Gasteiger partial charge on any atom is 0.0899 e. The van der Waals surface area contributed by atoms with Gasteiger partial charge in [0.25, 0.3) is 0 Å². The first-order valence-electron chi connectivity index (χ1n) is 13.6. The largest absolute Gasteiger partial charge is 0.375 e. The van der Waals surface area contributed by atoms with E-state index in [0.29, 0.717) is 0 Å². The van der Waals surface area contributed by atoms with Crippen LogP contribution in [-0.4, -0.2) is 48.1 Å². The molecule has 4 aromatic rings. The van der Waals surface area contributed by atoms with Crippen LogP contribution >= 0.6 is 0 Å². The molecule has 39 heavy (non-hydrogen) atoms. The average Bonchev–Trinajstić information content (AvgIpc) is 2.99. The van der Waals surface area contributed by atoms with E-state index in [1.54, 1.807) is 0 Å². The Kier molecular flexibility index (Phi) is 7.24. The summed E-state index contributed by atoms with van der Waals surface area (Å²) in [7, 11) is 2.19. The van der Waals surface area contributed by atoms with Crippen LogP contribution in [0, 0.1) is 13.5 Å². The molecule has 4 heterocycles. The fourth-order valence-corrected chi connectivity index (χ4v) is 5.24. The first kappa shape index (κ1) is 25.1. The van der Waals surface area contributed by atoms with E-state index >= 15 is 0 Å². The number of pyridine rings is 2. The van der Waals surface area contributed by atoms with Gasteiger partial charge in [-0.15, -0.1) is 0 Å². The van der Waals surface area contributed by atoms with Gasteiger partial charge in [-0.3, -0.25) is 9.97 Å². The highest BCUT2D eigenvalue weighted by molar-refractivity contribution is 5.87. The lowest BCUT2D eigenvalue weighted by Gasteiger charge is -2.34. The van der Waals surface area contributed by atoms with Gasteiger partial charge in [-0.1, -0.05) is 54.6 Å². The van der Waals surface area contributed by atoms with E-state index in [2.05, 4.69) is 112 Å². The molecule has 0 spiro atoms. The number of hydrogen-bond donors (Lipinski definition) is 1. The molecule has 0 bridgehead atoms. The number of benzene rings is 2. The second-order valence-corrected chi connectivity index (χ2v) is 10.4. The number of hydrogen-bond acceptors (Lipinski definition) is 5. The van der Waals surface area contributed by atoms with E-state index in [4.69, 9.17) is 4.98 Å². The van der Waals surface area contributed by atoms with Gasteiger partial charge in [-0.25, -0.2) is 0 Å². The third-order valence-corrected chi connectivity index (χ3v) is 7.55. The molecule has 195 valence electrons. The van der Waals surface area contributed by atoms with Crippen molar-refractivity contribution in [3.05, 3.63) is 132 Å². The minimum Gasteiger partial charge on any atom is -0.375 e. The summed E-state index contributed by atoms with van der Waals surface area (Å²) >= 11 is 0. The molecule has 2 aliphatic heterocycles. The van der Waals surface area contributed by atoms with E-state index in [-0.39, 0.29) is 0 Å². The van der Waals surface area contributed by atoms with Gasteiger partial charge in [0.2, 0.25) is 0 Å². The van der Waals surface area contributed by atoms with Crippen LogP contribution < -0.4 is 10.2 Å². The van der Waals surface area contributed by atoms with Crippen molar-refractivity contribution in [2.45, 2.75) is 13.3 Å². The van der Waals surface area contributed by atoms with Crippen LogP contribution in [-0.2, 0) is 6.42 Å². The lowest BCUT2D eigenvalue weighted by atomic mass is 9.96. The van der Waals surface area contributed by atoms with Crippen molar-refractivity contribution in [2.75, 3.05) is 38.1 Å². The van der Waals surface area contributed by atoms with Crippen molar-refractivity contribution >= 4 is 17.0 Å². The highest BCUT2D eigenvalue weighted by Gasteiger charge is 2.17. The van der Waals surface area contributed by atoms with Crippen molar-refractivity contribution in [2.24, 2.45) is 0 Å². The van der Waals surface area contributed by atoms with Gasteiger partial charge in [0.1, 0.15) is 0 Å². The summed E-state index contributed by atoms with van der Waals surface area (Å²) in [5.74, 6) is 0. The Balaban J connectivity index is 1.25. The Morgan fingerprint density at radius 1 is 0.821 bits per heavy atom. The van der Waals surface area contributed by atoms with Gasteiger partial charge in [-0.05, 0) is 73.0 Å². The second kappa shape index (κ2) is 11.3. The summed E-state index contributed by atoms with van der Waals surface area (Å²) in [6.45, 7) is 8.40. The first-order chi connectivity index (χ1) is 19.1. The number of aryl methyl sites for hydroxylation is 1. The quantitative estimate of drug-likeness (QED) is 0.344. The third kappa shape index (κ3) is 5.79. The van der Waals surface area contributed by atoms with Gasteiger partial charge in [0.05, 0.1) is 17.9 Å². The number of dihydropyridines is 1. The van der Waals surface area contributed by atoms with Crippen molar-refractivity contribution in [1.29, 1.82) is 0 Å². The molecule has 2 aromatic carbocycles. The summed E-state index contributed by atoms with van der Waals surface area (Å²) in [5, 5.41) is 3.44. The zero-order valence-corrected chi connectivity index (χ0v) is 22.6. The smallest absolute Gasteiger partial charge is 0.0899 e. The number of rotatable bonds is 6. The normalized spacial score (nSPS) is 15.9. The van der Waals surface area contributed by atoms with Crippen LogP contribution in [0.1, 0.15) is 28.1 Å². The number of anilines is 1.